The van der Waals surface area contributed by atoms with Crippen LogP contribution in [0, 0.1) is 11.8 Å². The van der Waals surface area contributed by atoms with Crippen LogP contribution in [0.2, 0.25) is 0 Å². The second-order valence-electron chi connectivity index (χ2n) is 12.1. The van der Waals surface area contributed by atoms with E-state index in [0.717, 1.165) is 32.1 Å². The summed E-state index contributed by atoms with van der Waals surface area (Å²) in [6.07, 6.45) is 2.71. The SMILES string of the molecule is C=C[C@H]1[C@H](O[C@@H]2O[C@H](CO)[C@@H](O)[C@H](O)[C@H]2O)OC=C(C(=O)OC2CCCCC2)[C@H]1/C=C/C1=C[NH+](CCO)CC(C(=O)O)=C1NC(N)=NC. The smallest absolute Gasteiger partial charge is 0.339 e. The minimum absolute atomic E-state index is 0.00394. The fourth-order valence-electron chi connectivity index (χ4n) is 6.19. The Kier molecular flexibility index (Phi) is 13.3. The van der Waals surface area contributed by atoms with Gasteiger partial charge in [0.15, 0.2) is 12.2 Å². The Morgan fingerprint density at radius 3 is 2.50 bits per heavy atom. The van der Waals surface area contributed by atoms with Gasteiger partial charge in [0.1, 0.15) is 55.4 Å². The van der Waals surface area contributed by atoms with Crippen molar-refractivity contribution in [3.8, 4) is 0 Å². The number of ether oxygens (including phenoxy) is 4. The number of aliphatic carboxylic acids is 1. The standard InChI is InChI=1S/C32H46N4O12/c1-3-19-20(10-9-17-13-36(11-12-37)14-21(28(42)43)24(17)35-32(33)34-2)22(29(44)46-18-7-5-4-6-8-18)16-45-30(19)48-31-27(41)26(40)25(39)23(15-38)47-31/h3,9-10,13,16,18-20,23,25-27,30-31,37-41H,1,4-8,11-12,14-15H2,2H3,(H,42,43)(H3,33,34,35)/p+1/b10-9+/t19-,20+,23-,25-,26+,27-,30+,31+/m1/s1. The lowest BCUT2D eigenvalue weighted by molar-refractivity contribution is -0.843. The highest BCUT2D eigenvalue weighted by atomic mass is 16.8. The van der Waals surface area contributed by atoms with E-state index in [2.05, 4.69) is 16.9 Å². The van der Waals surface area contributed by atoms with Crippen molar-refractivity contribution in [3.63, 3.8) is 0 Å². The Bertz CT molecular complexity index is 1320. The average Bonchev–Trinajstić information content (AvgIpc) is 3.08. The molecule has 2 fully saturated rings. The number of aliphatic imine (C=N–C) groups is 1. The quantitative estimate of drug-likeness (QED) is 0.0450. The first-order valence-corrected chi connectivity index (χ1v) is 16.0. The third kappa shape index (κ3) is 8.69. The molecule has 1 aliphatic carbocycles. The molecule has 0 spiro atoms. The molecule has 4 aliphatic rings. The average molecular weight is 680 g/mol. The number of carboxylic acid groups (broad SMARTS) is 1. The Balaban J connectivity index is 1.71. The molecular weight excluding hydrogens is 632 g/mol. The zero-order valence-corrected chi connectivity index (χ0v) is 26.8. The van der Waals surface area contributed by atoms with Crippen LogP contribution in [-0.2, 0) is 28.5 Å². The first-order chi connectivity index (χ1) is 23.0. The molecule has 4 rings (SSSR count). The van der Waals surface area contributed by atoms with Crippen molar-refractivity contribution in [1.29, 1.82) is 0 Å². The van der Waals surface area contributed by atoms with E-state index in [9.17, 15) is 40.2 Å². The second kappa shape index (κ2) is 17.2. The van der Waals surface area contributed by atoms with Gasteiger partial charge in [-0.15, -0.1) is 6.58 Å². The molecular formula is C32H47N4O12+. The number of carboxylic acids is 1. The van der Waals surface area contributed by atoms with Crippen LogP contribution in [0.5, 0.6) is 0 Å². The predicted octanol–water partition coefficient (Wildman–Crippen LogP) is -2.46. The van der Waals surface area contributed by atoms with Gasteiger partial charge in [0.25, 0.3) is 0 Å². The number of quaternary nitrogens is 1. The number of esters is 1. The number of guanidine groups is 1. The minimum atomic E-state index is -1.71. The molecule has 16 heteroatoms. The number of carbonyl (C=O) groups excluding carboxylic acids is 1. The van der Waals surface area contributed by atoms with Gasteiger partial charge < -0.3 is 65.5 Å². The van der Waals surface area contributed by atoms with E-state index in [0.29, 0.717) is 10.5 Å². The number of aliphatic hydroxyl groups excluding tert-OH is 5. The van der Waals surface area contributed by atoms with Crippen molar-refractivity contribution in [2.45, 2.75) is 75.2 Å². The molecule has 1 saturated heterocycles. The lowest BCUT2D eigenvalue weighted by Gasteiger charge is -2.42. The van der Waals surface area contributed by atoms with Crippen LogP contribution >= 0.6 is 0 Å². The number of hydrogen-bond donors (Lipinski definition) is 9. The number of nitrogens with zero attached hydrogens (tertiary/aromatic N) is 1. The molecule has 1 unspecified atom stereocenters. The van der Waals surface area contributed by atoms with Gasteiger partial charge >= 0.3 is 11.9 Å². The molecule has 16 nitrogen and oxygen atoms in total. The van der Waals surface area contributed by atoms with Crippen LogP contribution in [-0.4, -0.2) is 125 Å². The van der Waals surface area contributed by atoms with Crippen molar-refractivity contribution in [1.82, 2.24) is 5.32 Å². The van der Waals surface area contributed by atoms with Crippen LogP contribution in [0.3, 0.4) is 0 Å². The number of nitrogens with two attached hydrogens (primary N) is 1. The molecule has 3 heterocycles. The van der Waals surface area contributed by atoms with E-state index in [4.69, 9.17) is 24.7 Å². The molecule has 9 atom stereocenters. The summed E-state index contributed by atoms with van der Waals surface area (Å²) in [6.45, 7) is 3.32. The van der Waals surface area contributed by atoms with Crippen molar-refractivity contribution in [2.75, 3.05) is 33.4 Å². The van der Waals surface area contributed by atoms with Gasteiger partial charge in [-0.25, -0.2) is 9.59 Å². The lowest BCUT2D eigenvalue weighted by Crippen LogP contribution is -3.09. The topological polar surface area (TPSA) is 247 Å². The van der Waals surface area contributed by atoms with Gasteiger partial charge in [0, 0.05) is 13.0 Å². The van der Waals surface area contributed by atoms with Gasteiger partial charge in [0.2, 0.25) is 6.29 Å². The fraction of sp³-hybridized carbons (Fsp3) is 0.594. The molecule has 0 aromatic carbocycles. The molecule has 10 N–H and O–H groups in total. The van der Waals surface area contributed by atoms with E-state index in [1.165, 1.54) is 19.4 Å². The van der Waals surface area contributed by atoms with E-state index in [-0.39, 0.29) is 48.6 Å². The number of rotatable bonds is 12. The van der Waals surface area contributed by atoms with E-state index in [1.807, 2.05) is 0 Å². The van der Waals surface area contributed by atoms with Crippen LogP contribution < -0.4 is 16.0 Å². The Morgan fingerprint density at radius 1 is 1.15 bits per heavy atom. The van der Waals surface area contributed by atoms with Crippen molar-refractivity contribution in [2.24, 2.45) is 22.6 Å². The highest BCUT2D eigenvalue weighted by Gasteiger charge is 2.47. The normalized spacial score (nSPS) is 33.5. The van der Waals surface area contributed by atoms with Crippen LogP contribution in [0.15, 0.2) is 64.7 Å². The van der Waals surface area contributed by atoms with Gasteiger partial charge in [0.05, 0.1) is 42.2 Å². The van der Waals surface area contributed by atoms with Crippen LogP contribution in [0.4, 0.5) is 0 Å². The van der Waals surface area contributed by atoms with Gasteiger partial charge in [-0.1, -0.05) is 24.6 Å². The predicted molar refractivity (Wildman–Crippen MR) is 168 cm³/mol. The summed E-state index contributed by atoms with van der Waals surface area (Å²) in [5.41, 5.74) is 6.61. The molecule has 0 aromatic heterocycles. The highest BCUT2D eigenvalue weighted by Crippen LogP contribution is 2.37. The molecule has 0 amide bonds. The Hall–Kier alpha value is -3.61. The van der Waals surface area contributed by atoms with Crippen molar-refractivity contribution >= 4 is 17.9 Å². The van der Waals surface area contributed by atoms with Crippen LogP contribution in [0.1, 0.15) is 32.1 Å². The molecule has 1 saturated carbocycles. The first kappa shape index (κ1) is 37.2. The third-order valence-electron chi connectivity index (χ3n) is 8.89. The number of hydrogen-bond acceptors (Lipinski definition) is 12. The third-order valence-corrected chi connectivity index (χ3v) is 8.89. The summed E-state index contributed by atoms with van der Waals surface area (Å²) < 4.78 is 23.1. The molecule has 48 heavy (non-hydrogen) atoms. The zero-order chi connectivity index (χ0) is 35.0. The number of aliphatic hydroxyl groups is 5. The maximum absolute atomic E-state index is 13.6. The maximum Gasteiger partial charge on any atom is 0.339 e. The summed E-state index contributed by atoms with van der Waals surface area (Å²) in [4.78, 5) is 30.5. The number of nitrogens with one attached hydrogen (secondary N) is 2. The molecule has 266 valence electrons. The van der Waals surface area contributed by atoms with Gasteiger partial charge in [-0.05, 0) is 25.7 Å². The molecule has 0 aromatic rings. The minimum Gasteiger partial charge on any atom is -0.478 e. The summed E-state index contributed by atoms with van der Waals surface area (Å²) in [5.74, 6) is -3.52. The van der Waals surface area contributed by atoms with Crippen LogP contribution in [0.25, 0.3) is 0 Å². The highest BCUT2D eigenvalue weighted by molar-refractivity contribution is 5.92. The lowest BCUT2D eigenvalue weighted by atomic mass is 9.83. The van der Waals surface area contributed by atoms with E-state index >= 15 is 0 Å². The Morgan fingerprint density at radius 2 is 1.88 bits per heavy atom. The summed E-state index contributed by atoms with van der Waals surface area (Å²) in [5, 5.41) is 63.2. The first-order valence-electron chi connectivity index (χ1n) is 16.0. The monoisotopic (exact) mass is 679 g/mol. The largest absolute Gasteiger partial charge is 0.478 e. The fourth-order valence-corrected chi connectivity index (χ4v) is 6.19. The van der Waals surface area contributed by atoms with Crippen molar-refractivity contribution < 1.29 is 64.1 Å². The molecule has 0 radical (unpaired) electrons. The summed E-state index contributed by atoms with van der Waals surface area (Å²) >= 11 is 0. The van der Waals surface area contributed by atoms with Gasteiger partial charge in [-0.3, -0.25) is 4.99 Å². The molecule has 3 aliphatic heterocycles. The zero-order valence-electron chi connectivity index (χ0n) is 26.8. The summed E-state index contributed by atoms with van der Waals surface area (Å²) in [6, 6.07) is 0. The Labute approximate surface area is 278 Å². The second-order valence-corrected chi connectivity index (χ2v) is 12.1. The summed E-state index contributed by atoms with van der Waals surface area (Å²) in [7, 11) is 1.44. The van der Waals surface area contributed by atoms with Gasteiger partial charge in [-0.2, -0.15) is 0 Å². The molecule has 0 bridgehead atoms. The maximum atomic E-state index is 13.6. The van der Waals surface area contributed by atoms with E-state index < -0.39 is 67.4 Å². The number of allylic oxidation sites excluding steroid dienone is 2. The van der Waals surface area contributed by atoms with Crippen molar-refractivity contribution in [3.05, 3.63) is 59.7 Å². The van der Waals surface area contributed by atoms with E-state index in [1.54, 1.807) is 18.4 Å². The number of carbonyl (C=O) groups is 2.